The lowest BCUT2D eigenvalue weighted by Crippen LogP contribution is -2.32. The number of amides is 1. The number of benzene rings is 3. The first-order valence-electron chi connectivity index (χ1n) is 10.8. The molecule has 7 nitrogen and oxygen atoms in total. The lowest BCUT2D eigenvalue weighted by Gasteiger charge is -2.31. The van der Waals surface area contributed by atoms with Gasteiger partial charge in [-0.1, -0.05) is 0 Å². The average molecular weight is 497 g/mol. The van der Waals surface area contributed by atoms with Crippen molar-refractivity contribution >= 4 is 23.2 Å². The third kappa shape index (κ3) is 3.74. The number of carbonyl (C=O) groups excluding carboxylic acids is 3. The highest BCUT2D eigenvalue weighted by atomic mass is 19.4. The molecule has 3 aromatic rings. The lowest BCUT2D eigenvalue weighted by molar-refractivity contribution is -0.137. The fourth-order valence-electron chi connectivity index (χ4n) is 4.51. The molecule has 2 aliphatic rings. The Morgan fingerprint density at radius 3 is 2.22 bits per heavy atom. The van der Waals surface area contributed by atoms with Gasteiger partial charge in [-0.2, -0.15) is 13.2 Å². The summed E-state index contributed by atoms with van der Waals surface area (Å²) >= 11 is 0. The molecular formula is C26H18F3NO6. The number of methoxy groups -OCH3 is 2. The van der Waals surface area contributed by atoms with Crippen molar-refractivity contribution in [1.29, 1.82) is 0 Å². The molecule has 0 radical (unpaired) electrons. The van der Waals surface area contributed by atoms with Crippen LogP contribution < -0.4 is 19.1 Å². The molecule has 10 heteroatoms. The third-order valence-corrected chi connectivity index (χ3v) is 6.23. The molecule has 184 valence electrons. The van der Waals surface area contributed by atoms with Gasteiger partial charge in [0.1, 0.15) is 28.9 Å². The van der Waals surface area contributed by atoms with Crippen molar-refractivity contribution in [3.63, 3.8) is 0 Å². The summed E-state index contributed by atoms with van der Waals surface area (Å²) in [6, 6.07) is 12.1. The van der Waals surface area contributed by atoms with Gasteiger partial charge in [0.2, 0.25) is 5.78 Å². The number of alkyl halides is 3. The van der Waals surface area contributed by atoms with Gasteiger partial charge in [-0.05, 0) is 48.5 Å². The number of anilines is 1. The summed E-state index contributed by atoms with van der Waals surface area (Å²) in [6.07, 6.45) is -4.74. The van der Waals surface area contributed by atoms with Crippen LogP contribution in [0.4, 0.5) is 18.9 Å². The van der Waals surface area contributed by atoms with E-state index in [0.717, 1.165) is 17.0 Å². The van der Waals surface area contributed by atoms with E-state index in [0.29, 0.717) is 11.5 Å². The Kier molecular flexibility index (Phi) is 5.46. The van der Waals surface area contributed by atoms with E-state index in [9.17, 15) is 27.6 Å². The molecule has 0 aliphatic carbocycles. The highest BCUT2D eigenvalue weighted by molar-refractivity contribution is 6.49. The van der Waals surface area contributed by atoms with E-state index in [-0.39, 0.29) is 28.3 Å². The molecule has 0 N–H and O–H groups in total. The predicted molar refractivity (Wildman–Crippen MR) is 121 cm³/mol. The lowest BCUT2D eigenvalue weighted by atomic mass is 9.85. The Balaban J connectivity index is 1.72. The number of nitrogens with zero attached hydrogens (tertiary/aromatic N) is 1. The molecule has 1 saturated heterocycles. The van der Waals surface area contributed by atoms with E-state index in [1.165, 1.54) is 56.7 Å². The van der Waals surface area contributed by atoms with Crippen molar-refractivity contribution < 1.29 is 41.8 Å². The summed E-state index contributed by atoms with van der Waals surface area (Å²) in [5.41, 5.74) is -0.839. The van der Waals surface area contributed by atoms with Crippen molar-refractivity contribution in [2.24, 2.45) is 5.92 Å². The molecule has 1 amide bonds. The van der Waals surface area contributed by atoms with Crippen LogP contribution in [0.15, 0.2) is 60.7 Å². The van der Waals surface area contributed by atoms with E-state index in [1.54, 1.807) is 6.07 Å². The van der Waals surface area contributed by atoms with Gasteiger partial charge in [0.25, 0.3) is 5.91 Å². The summed E-state index contributed by atoms with van der Waals surface area (Å²) in [5, 5.41) is 0. The van der Waals surface area contributed by atoms with Crippen LogP contribution in [-0.4, -0.2) is 31.7 Å². The van der Waals surface area contributed by atoms with Crippen molar-refractivity contribution in [3.05, 3.63) is 77.4 Å². The second kappa shape index (κ2) is 8.40. The van der Waals surface area contributed by atoms with Gasteiger partial charge in [-0.15, -0.1) is 0 Å². The number of ether oxygens (including phenoxy) is 3. The summed E-state index contributed by atoms with van der Waals surface area (Å²) in [5.74, 6) is -3.58. The fourth-order valence-corrected chi connectivity index (χ4v) is 4.51. The maximum atomic E-state index is 13.7. The van der Waals surface area contributed by atoms with E-state index in [1.807, 2.05) is 0 Å². The molecule has 0 aromatic heterocycles. The molecule has 36 heavy (non-hydrogen) atoms. The van der Waals surface area contributed by atoms with E-state index in [4.69, 9.17) is 14.2 Å². The van der Waals surface area contributed by atoms with Crippen LogP contribution in [0.25, 0.3) is 0 Å². The SMILES string of the molecule is COc1ccc(C(=O)C2C(=O)C(=O)N3c4cc(cc(C(F)(F)F)c4)Oc4cc(OC)ccc4C23)cc1. The number of Topliss-reactive ketones (excluding diaryl/α,β-unsaturated/α-hetero) is 2. The molecule has 1 fully saturated rings. The molecule has 2 heterocycles. The molecule has 2 bridgehead atoms. The zero-order valence-corrected chi connectivity index (χ0v) is 19.0. The number of hydrogen-bond donors (Lipinski definition) is 0. The minimum Gasteiger partial charge on any atom is -0.497 e. The van der Waals surface area contributed by atoms with Gasteiger partial charge in [-0.3, -0.25) is 19.3 Å². The molecule has 2 unspecified atom stereocenters. The quantitative estimate of drug-likeness (QED) is 0.287. The zero-order chi connectivity index (χ0) is 25.8. The number of carbonyl (C=O) groups is 3. The zero-order valence-electron chi connectivity index (χ0n) is 19.0. The van der Waals surface area contributed by atoms with Gasteiger partial charge >= 0.3 is 6.18 Å². The second-order valence-electron chi connectivity index (χ2n) is 8.27. The number of fused-ring (bicyclic) bond motifs is 6. The van der Waals surface area contributed by atoms with Crippen LogP contribution in [0.5, 0.6) is 23.0 Å². The summed E-state index contributed by atoms with van der Waals surface area (Å²) in [7, 11) is 2.86. The first-order valence-corrected chi connectivity index (χ1v) is 10.8. The molecule has 5 rings (SSSR count). The Hall–Kier alpha value is -4.34. The highest BCUT2D eigenvalue weighted by Crippen LogP contribution is 2.49. The van der Waals surface area contributed by atoms with Gasteiger partial charge in [0.15, 0.2) is 5.78 Å². The topological polar surface area (TPSA) is 82.1 Å². The van der Waals surface area contributed by atoms with Gasteiger partial charge < -0.3 is 14.2 Å². The van der Waals surface area contributed by atoms with Crippen LogP contribution in [0.3, 0.4) is 0 Å². The average Bonchev–Trinajstić information content (AvgIpc) is 3.12. The van der Waals surface area contributed by atoms with E-state index < -0.39 is 41.2 Å². The Labute approximate surface area is 203 Å². The number of halogens is 3. The Morgan fingerprint density at radius 2 is 1.58 bits per heavy atom. The maximum Gasteiger partial charge on any atom is 0.416 e. The number of rotatable bonds is 4. The number of ketones is 2. The number of hydrogen-bond acceptors (Lipinski definition) is 6. The standard InChI is InChI=1S/C26H18F3NO6/c1-34-16-5-3-13(4-6-16)23(31)21-22-19-8-7-17(35-2)12-20(19)36-18-10-14(26(27,28)29)9-15(11-18)30(22)25(33)24(21)32/h3-12,21-22H,1-2H3. The summed E-state index contributed by atoms with van der Waals surface area (Å²) in [6.45, 7) is 0. The summed E-state index contributed by atoms with van der Waals surface area (Å²) in [4.78, 5) is 40.9. The van der Waals surface area contributed by atoms with Crippen LogP contribution >= 0.6 is 0 Å². The van der Waals surface area contributed by atoms with Gasteiger partial charge in [-0.25, -0.2) is 0 Å². The van der Waals surface area contributed by atoms with Crippen molar-refractivity contribution in [2.45, 2.75) is 12.2 Å². The fraction of sp³-hybridized carbons (Fsp3) is 0.192. The van der Waals surface area contributed by atoms with Crippen molar-refractivity contribution in [2.75, 3.05) is 19.1 Å². The van der Waals surface area contributed by atoms with Gasteiger partial charge in [0, 0.05) is 28.9 Å². The Bertz CT molecular complexity index is 1400. The first-order chi connectivity index (χ1) is 17.1. The molecule has 3 aromatic carbocycles. The minimum atomic E-state index is -4.74. The normalized spacial score (nSPS) is 18.5. The second-order valence-corrected chi connectivity index (χ2v) is 8.27. The van der Waals surface area contributed by atoms with Crippen molar-refractivity contribution in [3.8, 4) is 23.0 Å². The first kappa shape index (κ1) is 23.4. The van der Waals surface area contributed by atoms with Crippen molar-refractivity contribution in [1.82, 2.24) is 0 Å². The molecule has 2 aliphatic heterocycles. The van der Waals surface area contributed by atoms with Crippen LogP contribution in [-0.2, 0) is 15.8 Å². The van der Waals surface area contributed by atoms with Crippen LogP contribution in [0.2, 0.25) is 0 Å². The smallest absolute Gasteiger partial charge is 0.416 e. The molecule has 0 spiro atoms. The molecule has 0 saturated carbocycles. The van der Waals surface area contributed by atoms with E-state index >= 15 is 0 Å². The van der Waals surface area contributed by atoms with E-state index in [2.05, 4.69) is 0 Å². The minimum absolute atomic E-state index is 0.0596. The monoisotopic (exact) mass is 497 g/mol. The maximum absolute atomic E-state index is 13.7. The largest absolute Gasteiger partial charge is 0.497 e. The highest BCUT2D eigenvalue weighted by Gasteiger charge is 2.54. The predicted octanol–water partition coefficient (Wildman–Crippen LogP) is 4.98. The van der Waals surface area contributed by atoms with Crippen LogP contribution in [0.1, 0.15) is 27.5 Å². The third-order valence-electron chi connectivity index (χ3n) is 6.23. The summed E-state index contributed by atoms with van der Waals surface area (Å²) < 4.78 is 57.1. The molecule has 2 atom stereocenters. The van der Waals surface area contributed by atoms with Crippen LogP contribution in [0, 0.1) is 5.92 Å². The molecular weight excluding hydrogens is 479 g/mol. The van der Waals surface area contributed by atoms with Gasteiger partial charge in [0.05, 0.1) is 25.8 Å². The Morgan fingerprint density at radius 1 is 0.917 bits per heavy atom.